The van der Waals surface area contributed by atoms with E-state index in [2.05, 4.69) is 17.4 Å². The van der Waals surface area contributed by atoms with E-state index in [0.29, 0.717) is 23.2 Å². The van der Waals surface area contributed by atoms with E-state index in [9.17, 15) is 4.79 Å². The van der Waals surface area contributed by atoms with Gasteiger partial charge in [0, 0.05) is 10.6 Å². The van der Waals surface area contributed by atoms with Gasteiger partial charge in [-0.2, -0.15) is 5.10 Å². The van der Waals surface area contributed by atoms with Crippen LogP contribution in [0.25, 0.3) is 5.69 Å². The molecular weight excluding hydrogens is 394 g/mol. The van der Waals surface area contributed by atoms with E-state index >= 15 is 0 Å². The Labute approximate surface area is 173 Å². The molecular formula is C21H20ClN3O2S. The molecule has 1 aliphatic heterocycles. The molecule has 1 amide bonds. The van der Waals surface area contributed by atoms with Gasteiger partial charge in [-0.3, -0.25) is 4.79 Å². The third-order valence-electron chi connectivity index (χ3n) is 4.57. The fraction of sp³-hybridized carbons (Fsp3) is 0.238. The lowest BCUT2D eigenvalue weighted by atomic mass is 10.0. The summed E-state index contributed by atoms with van der Waals surface area (Å²) < 4.78 is 7.34. The highest BCUT2D eigenvalue weighted by atomic mass is 35.5. The number of hydrogen-bond acceptors (Lipinski definition) is 4. The number of halogens is 1. The largest absolute Gasteiger partial charge is 0.494 e. The van der Waals surface area contributed by atoms with Crippen molar-refractivity contribution >= 4 is 35.1 Å². The lowest BCUT2D eigenvalue weighted by molar-refractivity contribution is -0.113. The third-order valence-corrected chi connectivity index (χ3v) is 6.09. The summed E-state index contributed by atoms with van der Waals surface area (Å²) in [6.45, 7) is 4.57. The van der Waals surface area contributed by atoms with Crippen LogP contribution in [-0.4, -0.2) is 28.0 Å². The smallest absolute Gasteiger partial charge is 0.235 e. The molecule has 1 atom stereocenters. The van der Waals surface area contributed by atoms with Crippen molar-refractivity contribution in [2.75, 3.05) is 17.7 Å². The summed E-state index contributed by atoms with van der Waals surface area (Å²) in [5.41, 5.74) is 3.88. The molecule has 4 rings (SSSR count). The van der Waals surface area contributed by atoms with E-state index in [4.69, 9.17) is 21.4 Å². The zero-order valence-corrected chi connectivity index (χ0v) is 17.2. The van der Waals surface area contributed by atoms with Crippen molar-refractivity contribution < 1.29 is 9.53 Å². The van der Waals surface area contributed by atoms with Gasteiger partial charge in [0.25, 0.3) is 0 Å². The Morgan fingerprint density at radius 3 is 2.61 bits per heavy atom. The molecule has 0 saturated carbocycles. The summed E-state index contributed by atoms with van der Waals surface area (Å²) in [5.74, 6) is 1.91. The van der Waals surface area contributed by atoms with E-state index in [1.807, 2.05) is 50.2 Å². The lowest BCUT2D eigenvalue weighted by Crippen LogP contribution is -2.15. The van der Waals surface area contributed by atoms with Crippen molar-refractivity contribution in [2.45, 2.75) is 19.1 Å². The van der Waals surface area contributed by atoms with Crippen LogP contribution in [0.3, 0.4) is 0 Å². The number of carbonyl (C=O) groups is 1. The van der Waals surface area contributed by atoms with Crippen LogP contribution in [0, 0.1) is 6.92 Å². The molecule has 0 aliphatic carbocycles. The minimum Gasteiger partial charge on any atom is -0.494 e. The van der Waals surface area contributed by atoms with Gasteiger partial charge in [0.05, 0.1) is 29.0 Å². The van der Waals surface area contributed by atoms with Gasteiger partial charge in [0.1, 0.15) is 11.6 Å². The summed E-state index contributed by atoms with van der Waals surface area (Å²) in [5, 5.41) is 8.41. The molecule has 0 saturated heterocycles. The van der Waals surface area contributed by atoms with Crippen LogP contribution < -0.4 is 10.1 Å². The summed E-state index contributed by atoms with van der Waals surface area (Å²) in [7, 11) is 0. The second kappa shape index (κ2) is 7.89. The number of aromatic nitrogens is 2. The summed E-state index contributed by atoms with van der Waals surface area (Å²) in [6, 6.07) is 15.5. The fourth-order valence-electron chi connectivity index (χ4n) is 3.32. The Morgan fingerprint density at radius 2 is 1.93 bits per heavy atom. The van der Waals surface area contributed by atoms with Crippen molar-refractivity contribution in [3.05, 3.63) is 70.4 Å². The number of fused-ring (bicyclic) bond motifs is 1. The van der Waals surface area contributed by atoms with Crippen LogP contribution in [0.5, 0.6) is 5.75 Å². The normalized spacial score (nSPS) is 16.2. The third kappa shape index (κ3) is 3.62. The second-order valence-electron chi connectivity index (χ2n) is 6.48. The number of ether oxygens (including phenoxy) is 1. The second-order valence-corrected chi connectivity index (χ2v) is 8.01. The van der Waals surface area contributed by atoms with Gasteiger partial charge in [0.2, 0.25) is 5.91 Å². The average Bonchev–Trinajstić information content (AvgIpc) is 2.89. The molecule has 0 radical (unpaired) electrons. The first-order valence-corrected chi connectivity index (χ1v) is 10.5. The van der Waals surface area contributed by atoms with Gasteiger partial charge >= 0.3 is 0 Å². The zero-order chi connectivity index (χ0) is 19.7. The van der Waals surface area contributed by atoms with Crippen molar-refractivity contribution in [3.8, 4) is 11.4 Å². The van der Waals surface area contributed by atoms with Crippen LogP contribution >= 0.6 is 23.4 Å². The SMILES string of the molecule is CCOc1ccc([C@H]2SCC(=O)Nc3c2c(C)nn3-c2ccc(Cl)cc2)cc1. The predicted octanol–water partition coefficient (Wildman–Crippen LogP) is 5.01. The monoisotopic (exact) mass is 413 g/mol. The number of anilines is 1. The Morgan fingerprint density at radius 1 is 1.21 bits per heavy atom. The quantitative estimate of drug-likeness (QED) is 0.653. The maximum absolute atomic E-state index is 12.4. The van der Waals surface area contributed by atoms with Gasteiger partial charge in [-0.1, -0.05) is 23.7 Å². The average molecular weight is 414 g/mol. The Kier molecular flexibility index (Phi) is 5.33. The Balaban J connectivity index is 1.80. The fourth-order valence-corrected chi connectivity index (χ4v) is 4.64. The highest BCUT2D eigenvalue weighted by Crippen LogP contribution is 2.44. The van der Waals surface area contributed by atoms with Crippen molar-refractivity contribution in [1.29, 1.82) is 0 Å². The topological polar surface area (TPSA) is 56.1 Å². The number of nitrogens with one attached hydrogen (secondary N) is 1. The summed E-state index contributed by atoms with van der Waals surface area (Å²) in [4.78, 5) is 12.4. The first-order valence-electron chi connectivity index (χ1n) is 9.06. The van der Waals surface area contributed by atoms with E-state index in [1.165, 1.54) is 0 Å². The molecule has 2 heterocycles. The van der Waals surface area contributed by atoms with E-state index < -0.39 is 0 Å². The molecule has 5 nitrogen and oxygen atoms in total. The maximum Gasteiger partial charge on any atom is 0.235 e. The molecule has 0 spiro atoms. The van der Waals surface area contributed by atoms with Crippen LogP contribution in [0.4, 0.5) is 5.82 Å². The molecule has 28 heavy (non-hydrogen) atoms. The van der Waals surface area contributed by atoms with Gasteiger partial charge in [-0.25, -0.2) is 4.68 Å². The first-order chi connectivity index (χ1) is 13.6. The van der Waals surface area contributed by atoms with Gasteiger partial charge in [-0.15, -0.1) is 11.8 Å². The number of carbonyl (C=O) groups excluding carboxylic acids is 1. The molecule has 0 unspecified atom stereocenters. The molecule has 144 valence electrons. The van der Waals surface area contributed by atoms with Crippen LogP contribution in [0.15, 0.2) is 48.5 Å². The number of aryl methyl sites for hydroxylation is 1. The molecule has 0 bridgehead atoms. The lowest BCUT2D eigenvalue weighted by Gasteiger charge is -2.16. The number of rotatable bonds is 4. The van der Waals surface area contributed by atoms with Crippen molar-refractivity contribution in [3.63, 3.8) is 0 Å². The van der Waals surface area contributed by atoms with Gasteiger partial charge in [0.15, 0.2) is 0 Å². The van der Waals surface area contributed by atoms with Crippen molar-refractivity contribution in [1.82, 2.24) is 9.78 Å². The molecule has 1 aliphatic rings. The zero-order valence-electron chi connectivity index (χ0n) is 15.6. The van der Waals surface area contributed by atoms with Gasteiger partial charge < -0.3 is 10.1 Å². The number of hydrogen-bond donors (Lipinski definition) is 1. The first kappa shape index (κ1) is 18.9. The van der Waals surface area contributed by atoms with Crippen LogP contribution in [0.1, 0.15) is 29.0 Å². The highest BCUT2D eigenvalue weighted by Gasteiger charge is 2.30. The minimum atomic E-state index is -0.0326. The number of amides is 1. The molecule has 7 heteroatoms. The molecule has 1 N–H and O–H groups in total. The number of benzene rings is 2. The standard InChI is InChI=1S/C21H20ClN3O2S/c1-3-27-17-10-4-14(5-11-17)20-19-13(2)24-25(16-8-6-15(22)7-9-16)21(19)23-18(26)12-28-20/h4-11,20H,3,12H2,1-2H3,(H,23,26)/t20-/m1/s1. The molecule has 0 fully saturated rings. The summed E-state index contributed by atoms with van der Waals surface area (Å²) >= 11 is 7.63. The van der Waals surface area contributed by atoms with E-state index in [1.54, 1.807) is 16.4 Å². The van der Waals surface area contributed by atoms with Crippen molar-refractivity contribution in [2.24, 2.45) is 0 Å². The van der Waals surface area contributed by atoms with Crippen LogP contribution in [0.2, 0.25) is 5.02 Å². The maximum atomic E-state index is 12.4. The summed E-state index contributed by atoms with van der Waals surface area (Å²) in [6.07, 6.45) is 0. The highest BCUT2D eigenvalue weighted by molar-refractivity contribution is 8.00. The number of nitrogens with zero attached hydrogens (tertiary/aromatic N) is 2. The minimum absolute atomic E-state index is 0.00526. The molecule has 1 aromatic heterocycles. The predicted molar refractivity (Wildman–Crippen MR) is 114 cm³/mol. The molecule has 3 aromatic rings. The Bertz CT molecular complexity index is 1000. The van der Waals surface area contributed by atoms with Crippen LogP contribution in [-0.2, 0) is 4.79 Å². The van der Waals surface area contributed by atoms with Gasteiger partial charge in [-0.05, 0) is 55.8 Å². The Hall–Kier alpha value is -2.44. The molecule has 2 aromatic carbocycles. The number of thioether (sulfide) groups is 1. The van der Waals surface area contributed by atoms with E-state index in [-0.39, 0.29) is 11.2 Å². The van der Waals surface area contributed by atoms with E-state index in [0.717, 1.165) is 28.3 Å².